The molecule has 7 nitrogen and oxygen atoms in total. The van der Waals surface area contributed by atoms with Crippen molar-refractivity contribution in [1.29, 1.82) is 0 Å². The summed E-state index contributed by atoms with van der Waals surface area (Å²) in [5.74, 6) is -0.570. The quantitative estimate of drug-likeness (QED) is 0.198. The molecule has 2 aromatic rings. The van der Waals surface area contributed by atoms with Crippen molar-refractivity contribution < 1.29 is 23.8 Å². The summed E-state index contributed by atoms with van der Waals surface area (Å²) < 4.78 is 14.7. The van der Waals surface area contributed by atoms with E-state index in [1.807, 2.05) is 54.6 Å². The molecule has 37 heavy (non-hydrogen) atoms. The number of carbonyl (C=O) groups excluding carboxylic acids is 2. The standard InChI is InChI=1S/C27H33Cl3N2O5/c1-32(2)25(33)16-22(19-37-18-20-8-5-4-6-9-20)24(31-26(34)27(28,29)30)10-7-15-36-17-21-11-13-23(35-3)14-12-21/h4-14,22,24H,15-19H2,1-3H3,(H,31,34)/b10-7+/t22-,24-/m0/s1. The number of rotatable bonds is 14. The first-order valence-electron chi connectivity index (χ1n) is 11.7. The van der Waals surface area contributed by atoms with Gasteiger partial charge in [0.2, 0.25) is 5.91 Å². The predicted molar refractivity (Wildman–Crippen MR) is 147 cm³/mol. The zero-order valence-corrected chi connectivity index (χ0v) is 23.4. The molecule has 0 aliphatic heterocycles. The molecule has 1 N–H and O–H groups in total. The fraction of sp³-hybridized carbons (Fsp3) is 0.407. The van der Waals surface area contributed by atoms with Gasteiger partial charge in [-0.3, -0.25) is 9.59 Å². The molecular weight excluding hydrogens is 539 g/mol. The molecule has 0 saturated heterocycles. The van der Waals surface area contributed by atoms with E-state index in [2.05, 4.69) is 5.32 Å². The highest BCUT2D eigenvalue weighted by atomic mass is 35.6. The molecule has 0 fully saturated rings. The van der Waals surface area contributed by atoms with Gasteiger partial charge in [-0.15, -0.1) is 0 Å². The zero-order valence-electron chi connectivity index (χ0n) is 21.2. The van der Waals surface area contributed by atoms with Crippen molar-refractivity contribution in [3.05, 3.63) is 77.9 Å². The number of nitrogens with one attached hydrogen (secondary N) is 1. The molecule has 2 atom stereocenters. The molecule has 10 heteroatoms. The summed E-state index contributed by atoms with van der Waals surface area (Å²) in [6.45, 7) is 1.21. The lowest BCUT2D eigenvalue weighted by Crippen LogP contribution is -2.46. The fourth-order valence-electron chi connectivity index (χ4n) is 3.32. The van der Waals surface area contributed by atoms with E-state index in [-0.39, 0.29) is 25.5 Å². The molecule has 202 valence electrons. The summed E-state index contributed by atoms with van der Waals surface area (Å²) in [4.78, 5) is 26.6. The van der Waals surface area contributed by atoms with Gasteiger partial charge >= 0.3 is 0 Å². The maximum absolute atomic E-state index is 12.6. The SMILES string of the molecule is COc1ccc(COC/C=C/[C@H](NC(=O)C(Cl)(Cl)Cl)[C@H](COCc2ccccc2)CC(=O)N(C)C)cc1. The second kappa shape index (κ2) is 15.8. The molecule has 0 saturated carbocycles. The molecule has 0 unspecified atom stereocenters. The van der Waals surface area contributed by atoms with Crippen LogP contribution in [0.4, 0.5) is 0 Å². The first kappa shape index (κ1) is 30.9. The Morgan fingerprint density at radius 3 is 2.19 bits per heavy atom. The van der Waals surface area contributed by atoms with Crippen LogP contribution in [0.2, 0.25) is 0 Å². The Bertz CT molecular complexity index is 995. The smallest absolute Gasteiger partial charge is 0.272 e. The predicted octanol–water partition coefficient (Wildman–Crippen LogP) is 4.93. The number of nitrogens with zero attached hydrogens (tertiary/aromatic N) is 1. The maximum Gasteiger partial charge on any atom is 0.272 e. The van der Waals surface area contributed by atoms with Crippen LogP contribution in [-0.2, 0) is 32.3 Å². The third kappa shape index (κ3) is 11.8. The van der Waals surface area contributed by atoms with Crippen LogP contribution in [0.1, 0.15) is 17.5 Å². The third-order valence-electron chi connectivity index (χ3n) is 5.43. The highest BCUT2D eigenvalue weighted by Crippen LogP contribution is 2.27. The van der Waals surface area contributed by atoms with Crippen LogP contribution in [0.5, 0.6) is 5.75 Å². The lowest BCUT2D eigenvalue weighted by Gasteiger charge is -2.28. The molecule has 0 aromatic heterocycles. The van der Waals surface area contributed by atoms with Crippen molar-refractivity contribution in [2.75, 3.05) is 34.4 Å². The summed E-state index contributed by atoms with van der Waals surface area (Å²) in [6.07, 6.45) is 3.61. The van der Waals surface area contributed by atoms with Gasteiger partial charge in [0.25, 0.3) is 9.70 Å². The monoisotopic (exact) mass is 570 g/mol. The Kier molecular flexibility index (Phi) is 13.2. The number of hydrogen-bond donors (Lipinski definition) is 1. The van der Waals surface area contributed by atoms with Crippen molar-refractivity contribution >= 4 is 46.6 Å². The van der Waals surface area contributed by atoms with Gasteiger partial charge in [-0.2, -0.15) is 0 Å². The van der Waals surface area contributed by atoms with E-state index in [1.54, 1.807) is 33.4 Å². The van der Waals surface area contributed by atoms with E-state index in [1.165, 1.54) is 4.90 Å². The normalized spacial score (nSPS) is 13.2. The van der Waals surface area contributed by atoms with Crippen molar-refractivity contribution in [3.8, 4) is 5.75 Å². The zero-order chi connectivity index (χ0) is 27.3. The van der Waals surface area contributed by atoms with Gasteiger partial charge in [-0.05, 0) is 23.3 Å². The van der Waals surface area contributed by atoms with Crippen molar-refractivity contribution in [1.82, 2.24) is 10.2 Å². The van der Waals surface area contributed by atoms with Gasteiger partial charge in [-0.1, -0.05) is 89.4 Å². The van der Waals surface area contributed by atoms with Crippen LogP contribution in [0.15, 0.2) is 66.7 Å². The number of halogens is 3. The van der Waals surface area contributed by atoms with Crippen LogP contribution in [0.3, 0.4) is 0 Å². The Labute approximate surface area is 233 Å². The number of methoxy groups -OCH3 is 1. The van der Waals surface area contributed by atoms with Crippen LogP contribution < -0.4 is 10.1 Å². The van der Waals surface area contributed by atoms with E-state index in [4.69, 9.17) is 49.0 Å². The Morgan fingerprint density at radius 2 is 1.59 bits per heavy atom. The Morgan fingerprint density at radius 1 is 0.973 bits per heavy atom. The van der Waals surface area contributed by atoms with Gasteiger partial charge in [0, 0.05) is 26.4 Å². The molecule has 2 rings (SSSR count). The van der Waals surface area contributed by atoms with Gasteiger partial charge in [-0.25, -0.2) is 0 Å². The number of carbonyl (C=O) groups is 2. The third-order valence-corrected chi connectivity index (χ3v) is 5.94. The number of benzene rings is 2. The molecule has 0 aliphatic carbocycles. The van der Waals surface area contributed by atoms with Crippen LogP contribution in [-0.4, -0.2) is 61.0 Å². The van der Waals surface area contributed by atoms with Gasteiger partial charge in [0.15, 0.2) is 0 Å². The van der Waals surface area contributed by atoms with E-state index in [9.17, 15) is 9.59 Å². The Balaban J connectivity index is 2.09. The van der Waals surface area contributed by atoms with E-state index < -0.39 is 21.7 Å². The average Bonchev–Trinajstić information content (AvgIpc) is 2.87. The second-order valence-corrected chi connectivity index (χ2v) is 10.8. The topological polar surface area (TPSA) is 77.1 Å². The van der Waals surface area contributed by atoms with Crippen LogP contribution in [0, 0.1) is 5.92 Å². The van der Waals surface area contributed by atoms with Gasteiger partial charge in [0.1, 0.15) is 5.75 Å². The number of alkyl halides is 3. The van der Waals surface area contributed by atoms with E-state index in [0.29, 0.717) is 13.2 Å². The van der Waals surface area contributed by atoms with Gasteiger partial charge in [0.05, 0.1) is 39.6 Å². The minimum absolute atomic E-state index is 0.115. The second-order valence-electron chi connectivity index (χ2n) is 8.54. The lowest BCUT2D eigenvalue weighted by molar-refractivity contribution is -0.131. The number of amides is 2. The Hall–Kier alpha value is -2.29. The van der Waals surface area contributed by atoms with Crippen LogP contribution >= 0.6 is 34.8 Å². The minimum atomic E-state index is -2.15. The van der Waals surface area contributed by atoms with E-state index >= 15 is 0 Å². The first-order valence-corrected chi connectivity index (χ1v) is 12.8. The van der Waals surface area contributed by atoms with Crippen molar-refractivity contribution in [2.45, 2.75) is 29.5 Å². The molecule has 0 spiro atoms. The summed E-state index contributed by atoms with van der Waals surface area (Å²) in [6, 6.07) is 16.6. The largest absolute Gasteiger partial charge is 0.497 e. The molecule has 0 bridgehead atoms. The van der Waals surface area contributed by atoms with Crippen molar-refractivity contribution in [2.24, 2.45) is 5.92 Å². The highest BCUT2D eigenvalue weighted by Gasteiger charge is 2.34. The minimum Gasteiger partial charge on any atom is -0.497 e. The van der Waals surface area contributed by atoms with Crippen LogP contribution in [0.25, 0.3) is 0 Å². The molecule has 0 radical (unpaired) electrons. The molecule has 2 aromatic carbocycles. The highest BCUT2D eigenvalue weighted by molar-refractivity contribution is 6.76. The lowest BCUT2D eigenvalue weighted by atomic mass is 9.95. The van der Waals surface area contributed by atoms with Gasteiger partial charge < -0.3 is 24.4 Å². The molecule has 0 aliphatic rings. The van der Waals surface area contributed by atoms with Crippen molar-refractivity contribution in [3.63, 3.8) is 0 Å². The molecule has 2 amide bonds. The summed E-state index contributed by atoms with van der Waals surface area (Å²) in [7, 11) is 4.95. The maximum atomic E-state index is 12.6. The molecule has 0 heterocycles. The summed E-state index contributed by atoms with van der Waals surface area (Å²) in [5, 5.41) is 2.73. The molecular formula is C27H33Cl3N2O5. The summed E-state index contributed by atoms with van der Waals surface area (Å²) in [5.41, 5.74) is 1.98. The van der Waals surface area contributed by atoms with E-state index in [0.717, 1.165) is 16.9 Å². The first-order chi connectivity index (χ1) is 17.6. The fourth-order valence-corrected chi connectivity index (χ4v) is 3.49. The summed E-state index contributed by atoms with van der Waals surface area (Å²) >= 11 is 17.4. The number of ether oxygens (including phenoxy) is 3. The number of hydrogen-bond acceptors (Lipinski definition) is 5. The average molecular weight is 572 g/mol.